The van der Waals surface area contributed by atoms with Crippen LogP contribution in [0.2, 0.25) is 0 Å². The topological polar surface area (TPSA) is 64.4 Å². The van der Waals surface area contributed by atoms with E-state index >= 15 is 0 Å². The van der Waals surface area contributed by atoms with E-state index in [4.69, 9.17) is 4.74 Å². The maximum absolute atomic E-state index is 12.2. The molecule has 1 amide bonds. The number of Topliss-reactive ketones (excluding diaryl/α,β-unsaturated/α-hetero) is 1. The summed E-state index contributed by atoms with van der Waals surface area (Å²) in [6.45, 7) is 9.08. The van der Waals surface area contributed by atoms with E-state index in [2.05, 4.69) is 15.8 Å². The van der Waals surface area contributed by atoms with Gasteiger partial charge < -0.3 is 9.64 Å². The van der Waals surface area contributed by atoms with Gasteiger partial charge in [-0.25, -0.2) is 4.79 Å². The van der Waals surface area contributed by atoms with Crippen molar-refractivity contribution in [2.75, 3.05) is 13.1 Å². The van der Waals surface area contributed by atoms with E-state index in [1.165, 1.54) is 5.69 Å². The summed E-state index contributed by atoms with van der Waals surface area (Å²) in [7, 11) is 0. The van der Waals surface area contributed by atoms with Gasteiger partial charge in [-0.3, -0.25) is 9.48 Å². The molecule has 0 bridgehead atoms. The summed E-state index contributed by atoms with van der Waals surface area (Å²) in [6, 6.07) is 2.36. The summed E-state index contributed by atoms with van der Waals surface area (Å²) in [5, 5.41) is 4.66. The summed E-state index contributed by atoms with van der Waals surface area (Å²) in [5.74, 6) is 0.722. The van der Waals surface area contributed by atoms with E-state index in [0.29, 0.717) is 37.6 Å². The highest BCUT2D eigenvalue weighted by atomic mass is 16.6. The first kappa shape index (κ1) is 18.0. The minimum Gasteiger partial charge on any atom is -0.444 e. The zero-order valence-electron chi connectivity index (χ0n) is 15.7. The quantitative estimate of drug-likeness (QED) is 0.820. The second-order valence-electron chi connectivity index (χ2n) is 8.33. The maximum atomic E-state index is 12.2. The first-order chi connectivity index (χ1) is 11.7. The Morgan fingerprint density at radius 1 is 1.24 bits per heavy atom. The minimum absolute atomic E-state index is 0.208. The molecule has 138 valence electrons. The third kappa shape index (κ3) is 4.22. The smallest absolute Gasteiger partial charge is 0.410 e. The molecule has 1 aliphatic carbocycles. The van der Waals surface area contributed by atoms with Gasteiger partial charge >= 0.3 is 6.09 Å². The van der Waals surface area contributed by atoms with Crippen LogP contribution in [0.15, 0.2) is 6.07 Å². The summed E-state index contributed by atoms with van der Waals surface area (Å²) in [5.41, 5.74) is 1.77. The van der Waals surface area contributed by atoms with E-state index in [-0.39, 0.29) is 12.1 Å². The second kappa shape index (κ2) is 6.81. The van der Waals surface area contributed by atoms with Crippen molar-refractivity contribution in [1.29, 1.82) is 0 Å². The SMILES string of the molecule is Cc1cc(C2CCN(C(=O)OC(C)(C)C)CC2)n(C2CCC(=O)C2)n1. The highest BCUT2D eigenvalue weighted by Gasteiger charge is 2.32. The van der Waals surface area contributed by atoms with Gasteiger partial charge in [0.05, 0.1) is 11.7 Å². The van der Waals surface area contributed by atoms with E-state index < -0.39 is 5.60 Å². The lowest BCUT2D eigenvalue weighted by Crippen LogP contribution is -2.41. The molecule has 25 heavy (non-hydrogen) atoms. The Labute approximate surface area is 149 Å². The molecule has 1 aliphatic heterocycles. The number of nitrogens with zero attached hydrogens (tertiary/aromatic N) is 3. The standard InChI is InChI=1S/C19H29N3O3/c1-13-11-17(22(20-13)15-5-6-16(23)12-15)14-7-9-21(10-8-14)18(24)25-19(2,3)4/h11,14-15H,5-10,12H2,1-4H3. The lowest BCUT2D eigenvalue weighted by molar-refractivity contribution is -0.117. The van der Waals surface area contributed by atoms with Crippen molar-refractivity contribution < 1.29 is 14.3 Å². The van der Waals surface area contributed by atoms with Crippen LogP contribution < -0.4 is 0 Å². The third-order valence-electron chi connectivity index (χ3n) is 5.02. The Balaban J connectivity index is 1.65. The van der Waals surface area contributed by atoms with Crippen LogP contribution in [0.3, 0.4) is 0 Å². The molecule has 2 heterocycles. The van der Waals surface area contributed by atoms with Crippen molar-refractivity contribution in [2.45, 2.75) is 77.4 Å². The van der Waals surface area contributed by atoms with Crippen LogP contribution in [-0.4, -0.2) is 45.2 Å². The number of ether oxygens (including phenoxy) is 1. The number of rotatable bonds is 2. The Morgan fingerprint density at radius 2 is 1.92 bits per heavy atom. The van der Waals surface area contributed by atoms with Crippen molar-refractivity contribution in [3.05, 3.63) is 17.5 Å². The van der Waals surface area contributed by atoms with E-state index in [1.54, 1.807) is 4.90 Å². The van der Waals surface area contributed by atoms with Gasteiger partial charge in [-0.1, -0.05) is 0 Å². The van der Waals surface area contributed by atoms with Gasteiger partial charge in [0.25, 0.3) is 0 Å². The van der Waals surface area contributed by atoms with Gasteiger partial charge in [0.15, 0.2) is 0 Å². The van der Waals surface area contributed by atoms with E-state index in [0.717, 1.165) is 25.0 Å². The number of piperidine rings is 1. The highest BCUT2D eigenvalue weighted by Crippen LogP contribution is 2.34. The first-order valence-corrected chi connectivity index (χ1v) is 9.28. The highest BCUT2D eigenvalue weighted by molar-refractivity contribution is 5.80. The molecule has 6 heteroatoms. The molecule has 0 radical (unpaired) electrons. The predicted octanol–water partition coefficient (Wildman–Crippen LogP) is 3.60. The number of amides is 1. The Kier molecular flexibility index (Phi) is 4.89. The van der Waals surface area contributed by atoms with Crippen LogP contribution >= 0.6 is 0 Å². The maximum Gasteiger partial charge on any atom is 0.410 e. The minimum atomic E-state index is -0.460. The largest absolute Gasteiger partial charge is 0.444 e. The van der Waals surface area contributed by atoms with Gasteiger partial charge in [-0.15, -0.1) is 0 Å². The molecule has 1 aromatic heterocycles. The molecule has 0 spiro atoms. The number of carbonyl (C=O) groups excluding carboxylic acids is 2. The van der Waals surface area contributed by atoms with Crippen molar-refractivity contribution in [2.24, 2.45) is 0 Å². The van der Waals surface area contributed by atoms with Crippen LogP contribution in [0.5, 0.6) is 0 Å². The molecule has 1 atom stereocenters. The molecule has 2 aliphatic rings. The monoisotopic (exact) mass is 347 g/mol. The number of aromatic nitrogens is 2. The van der Waals surface area contributed by atoms with Gasteiger partial charge in [0.1, 0.15) is 11.4 Å². The van der Waals surface area contributed by atoms with Crippen molar-refractivity contribution in [1.82, 2.24) is 14.7 Å². The number of likely N-dealkylation sites (tertiary alicyclic amines) is 1. The zero-order chi connectivity index (χ0) is 18.2. The summed E-state index contributed by atoms with van der Waals surface area (Å²) in [6.07, 6.45) is 3.75. The molecule has 1 aromatic rings. The van der Waals surface area contributed by atoms with Crippen molar-refractivity contribution in [3.8, 4) is 0 Å². The van der Waals surface area contributed by atoms with Crippen LogP contribution in [0.4, 0.5) is 4.79 Å². The molecule has 3 rings (SSSR count). The summed E-state index contributed by atoms with van der Waals surface area (Å²) >= 11 is 0. The van der Waals surface area contributed by atoms with Crippen molar-refractivity contribution in [3.63, 3.8) is 0 Å². The molecule has 0 N–H and O–H groups in total. The van der Waals surface area contributed by atoms with Gasteiger partial charge in [-0.05, 0) is 53.0 Å². The molecule has 1 saturated heterocycles. The van der Waals surface area contributed by atoms with Gasteiger partial charge in [0, 0.05) is 37.5 Å². The number of hydrogen-bond donors (Lipinski definition) is 0. The number of ketones is 1. The fourth-order valence-corrected chi connectivity index (χ4v) is 3.82. The zero-order valence-corrected chi connectivity index (χ0v) is 15.7. The van der Waals surface area contributed by atoms with Crippen LogP contribution in [0.1, 0.15) is 76.2 Å². The third-order valence-corrected chi connectivity index (χ3v) is 5.02. The normalized spacial score (nSPS) is 22.5. The second-order valence-corrected chi connectivity index (χ2v) is 8.33. The van der Waals surface area contributed by atoms with Crippen LogP contribution in [0, 0.1) is 6.92 Å². The number of hydrogen-bond acceptors (Lipinski definition) is 4. The fourth-order valence-electron chi connectivity index (χ4n) is 3.82. The molecule has 1 unspecified atom stereocenters. The average Bonchev–Trinajstić information content (AvgIpc) is 3.11. The molecule has 2 fully saturated rings. The number of carbonyl (C=O) groups is 2. The van der Waals surface area contributed by atoms with Crippen molar-refractivity contribution >= 4 is 11.9 Å². The Hall–Kier alpha value is -1.85. The van der Waals surface area contributed by atoms with Crippen LogP contribution in [-0.2, 0) is 9.53 Å². The molecular weight excluding hydrogens is 318 g/mol. The van der Waals surface area contributed by atoms with Crippen LogP contribution in [0.25, 0.3) is 0 Å². The number of aryl methyl sites for hydroxylation is 1. The fraction of sp³-hybridized carbons (Fsp3) is 0.737. The summed E-state index contributed by atoms with van der Waals surface area (Å²) < 4.78 is 7.56. The molecular formula is C19H29N3O3. The Bertz CT molecular complexity index is 651. The van der Waals surface area contributed by atoms with Gasteiger partial charge in [0.2, 0.25) is 0 Å². The summed E-state index contributed by atoms with van der Waals surface area (Å²) in [4.78, 5) is 25.7. The lowest BCUT2D eigenvalue weighted by Gasteiger charge is -2.34. The predicted molar refractivity (Wildman–Crippen MR) is 94.6 cm³/mol. The molecule has 1 saturated carbocycles. The van der Waals surface area contributed by atoms with E-state index in [1.807, 2.05) is 27.7 Å². The lowest BCUT2D eigenvalue weighted by atomic mass is 9.93. The Morgan fingerprint density at radius 3 is 2.48 bits per heavy atom. The van der Waals surface area contributed by atoms with Gasteiger partial charge in [-0.2, -0.15) is 5.10 Å². The first-order valence-electron chi connectivity index (χ1n) is 9.28. The molecule has 6 nitrogen and oxygen atoms in total. The molecule has 0 aromatic carbocycles. The van der Waals surface area contributed by atoms with E-state index in [9.17, 15) is 9.59 Å². The average molecular weight is 347 g/mol.